The minimum atomic E-state index is -0.487. The van der Waals surface area contributed by atoms with Crippen LogP contribution in [0.15, 0.2) is 0 Å². The Hall–Kier alpha value is -0.160. The second-order valence-electron chi connectivity index (χ2n) is 5.98. The van der Waals surface area contributed by atoms with Gasteiger partial charge in [-0.05, 0) is 53.4 Å². The Bertz CT molecular complexity index is 184. The fourth-order valence-electron chi connectivity index (χ4n) is 1.05. The molecule has 0 radical (unpaired) electrons. The zero-order valence-corrected chi connectivity index (χ0v) is 11.4. The Morgan fingerprint density at radius 3 is 2.12 bits per heavy atom. The highest BCUT2D eigenvalue weighted by Gasteiger charge is 2.20. The lowest BCUT2D eigenvalue weighted by atomic mass is 9.97. The maximum absolute atomic E-state index is 8.63. The second kappa shape index (κ2) is 6.55. The molecule has 0 bridgehead atoms. The molecule has 98 valence electrons. The van der Waals surface area contributed by atoms with E-state index in [-0.39, 0.29) is 5.60 Å². The Morgan fingerprint density at radius 1 is 1.12 bits per heavy atom. The molecule has 0 aromatic rings. The molecule has 0 aliphatic heterocycles. The first-order valence-electron chi connectivity index (χ1n) is 5.79. The molecule has 0 rings (SSSR count). The Morgan fingerprint density at radius 2 is 1.69 bits per heavy atom. The first-order valence-corrected chi connectivity index (χ1v) is 5.79. The molecule has 1 atom stereocenters. The summed E-state index contributed by atoms with van der Waals surface area (Å²) in [4.78, 5) is 14.7. The van der Waals surface area contributed by atoms with Crippen molar-refractivity contribution in [1.82, 2.24) is 0 Å². The maximum Gasteiger partial charge on any atom is 0.0977 e. The van der Waals surface area contributed by atoms with Gasteiger partial charge in [-0.3, -0.25) is 5.26 Å². The zero-order chi connectivity index (χ0) is 12.8. The van der Waals surface area contributed by atoms with Gasteiger partial charge in [0.25, 0.3) is 0 Å². The van der Waals surface area contributed by atoms with Crippen LogP contribution in [0, 0.1) is 5.92 Å². The third-order valence-corrected chi connectivity index (χ3v) is 2.15. The van der Waals surface area contributed by atoms with E-state index in [1.807, 2.05) is 34.6 Å². The van der Waals surface area contributed by atoms with Gasteiger partial charge in [0.1, 0.15) is 0 Å². The highest BCUT2D eigenvalue weighted by molar-refractivity contribution is 4.68. The van der Waals surface area contributed by atoms with Crippen molar-refractivity contribution < 1.29 is 19.9 Å². The van der Waals surface area contributed by atoms with E-state index in [9.17, 15) is 0 Å². The Kier molecular flexibility index (Phi) is 6.48. The molecule has 0 fully saturated rings. The quantitative estimate of drug-likeness (QED) is 0.541. The van der Waals surface area contributed by atoms with Crippen molar-refractivity contribution in [3.8, 4) is 0 Å². The van der Waals surface area contributed by atoms with Crippen LogP contribution >= 0.6 is 0 Å². The van der Waals surface area contributed by atoms with Gasteiger partial charge < -0.3 is 0 Å². The third kappa shape index (κ3) is 9.09. The van der Waals surface area contributed by atoms with E-state index in [0.29, 0.717) is 12.5 Å². The van der Waals surface area contributed by atoms with E-state index in [0.717, 1.165) is 12.8 Å². The predicted molar refractivity (Wildman–Crippen MR) is 63.0 cm³/mol. The summed E-state index contributed by atoms with van der Waals surface area (Å²) in [7, 11) is 0. The molecule has 0 spiro atoms. The fraction of sp³-hybridized carbons (Fsp3) is 1.00. The lowest BCUT2D eigenvalue weighted by Gasteiger charge is -2.23. The first kappa shape index (κ1) is 15.8. The average Bonchev–Trinajstić information content (AvgIpc) is 2.13. The minimum Gasteiger partial charge on any atom is -0.251 e. The fourth-order valence-corrected chi connectivity index (χ4v) is 1.05. The molecule has 0 aromatic heterocycles. The van der Waals surface area contributed by atoms with E-state index in [4.69, 9.17) is 15.0 Å². The van der Waals surface area contributed by atoms with Gasteiger partial charge in [0, 0.05) is 0 Å². The van der Waals surface area contributed by atoms with Crippen molar-refractivity contribution in [1.29, 1.82) is 0 Å². The van der Waals surface area contributed by atoms with E-state index in [2.05, 4.69) is 11.8 Å². The molecular weight excluding hydrogens is 208 g/mol. The van der Waals surface area contributed by atoms with Gasteiger partial charge >= 0.3 is 0 Å². The highest BCUT2D eigenvalue weighted by Crippen LogP contribution is 2.19. The summed E-state index contributed by atoms with van der Waals surface area (Å²) in [5.74, 6) is 0.372. The van der Waals surface area contributed by atoms with Crippen molar-refractivity contribution in [3.05, 3.63) is 0 Å². The molecule has 0 aromatic carbocycles. The lowest BCUT2D eigenvalue weighted by molar-refractivity contribution is -0.354. The minimum absolute atomic E-state index is 0.271. The largest absolute Gasteiger partial charge is 0.251 e. The third-order valence-electron chi connectivity index (χ3n) is 2.15. The van der Waals surface area contributed by atoms with Crippen LogP contribution in [0.1, 0.15) is 54.4 Å². The van der Waals surface area contributed by atoms with Crippen LogP contribution in [0.3, 0.4) is 0 Å². The first-order chi connectivity index (χ1) is 7.16. The van der Waals surface area contributed by atoms with E-state index in [1.165, 1.54) is 0 Å². The van der Waals surface area contributed by atoms with E-state index >= 15 is 0 Å². The Balaban J connectivity index is 3.64. The van der Waals surface area contributed by atoms with Crippen molar-refractivity contribution in [2.24, 2.45) is 5.92 Å². The molecule has 0 aliphatic carbocycles. The zero-order valence-electron chi connectivity index (χ0n) is 11.4. The second-order valence-corrected chi connectivity index (χ2v) is 5.98. The van der Waals surface area contributed by atoms with Gasteiger partial charge in [0.05, 0.1) is 17.8 Å². The maximum atomic E-state index is 8.63. The molecule has 4 nitrogen and oxygen atoms in total. The standard InChI is InChI=1S/C12H26O4/c1-10(7-8-12(5,6)15-13)9-14-16-11(2,3)4/h10,13H,7-9H2,1-6H3. The van der Waals surface area contributed by atoms with E-state index in [1.54, 1.807) is 0 Å². The smallest absolute Gasteiger partial charge is 0.0977 e. The van der Waals surface area contributed by atoms with Crippen molar-refractivity contribution >= 4 is 0 Å². The number of hydrogen-bond acceptors (Lipinski definition) is 4. The van der Waals surface area contributed by atoms with E-state index < -0.39 is 5.60 Å². The summed E-state index contributed by atoms with van der Waals surface area (Å²) in [6.07, 6.45) is 1.70. The van der Waals surface area contributed by atoms with Crippen LogP contribution in [0.25, 0.3) is 0 Å². The number of rotatable bonds is 7. The number of hydrogen-bond donors (Lipinski definition) is 1. The predicted octanol–water partition coefficient (Wildman–Crippen LogP) is 3.42. The summed E-state index contributed by atoms with van der Waals surface area (Å²) in [5.41, 5.74) is -0.758. The molecule has 1 unspecified atom stereocenters. The molecule has 0 heterocycles. The van der Waals surface area contributed by atoms with Gasteiger partial charge in [0.2, 0.25) is 0 Å². The summed E-state index contributed by atoms with van der Waals surface area (Å²) in [6.45, 7) is 12.2. The summed E-state index contributed by atoms with van der Waals surface area (Å²) in [5, 5.41) is 8.63. The Labute approximate surface area is 98.7 Å². The molecule has 4 heteroatoms. The molecule has 0 saturated heterocycles. The lowest BCUT2D eigenvalue weighted by Crippen LogP contribution is -2.25. The topological polar surface area (TPSA) is 47.9 Å². The van der Waals surface area contributed by atoms with Gasteiger partial charge in [0.15, 0.2) is 0 Å². The van der Waals surface area contributed by atoms with Crippen LogP contribution in [0.2, 0.25) is 0 Å². The molecule has 0 amide bonds. The molecule has 1 N–H and O–H groups in total. The normalized spacial score (nSPS) is 15.2. The van der Waals surface area contributed by atoms with Crippen molar-refractivity contribution in [2.75, 3.05) is 6.61 Å². The monoisotopic (exact) mass is 234 g/mol. The molecule has 16 heavy (non-hydrogen) atoms. The van der Waals surface area contributed by atoms with Gasteiger partial charge in [-0.1, -0.05) is 6.92 Å². The van der Waals surface area contributed by atoms with Crippen LogP contribution in [0.4, 0.5) is 0 Å². The summed E-state index contributed by atoms with van der Waals surface area (Å²) < 4.78 is 0. The van der Waals surface area contributed by atoms with Gasteiger partial charge in [-0.15, -0.1) is 0 Å². The molecular formula is C12H26O4. The van der Waals surface area contributed by atoms with Crippen LogP contribution in [-0.4, -0.2) is 23.1 Å². The molecule has 0 saturated carbocycles. The molecule has 0 aliphatic rings. The average molecular weight is 234 g/mol. The SMILES string of the molecule is CC(CCC(C)(C)OO)COOC(C)(C)C. The van der Waals surface area contributed by atoms with Crippen LogP contribution < -0.4 is 0 Å². The van der Waals surface area contributed by atoms with Crippen molar-refractivity contribution in [2.45, 2.75) is 65.6 Å². The summed E-state index contributed by atoms with van der Waals surface area (Å²) >= 11 is 0. The van der Waals surface area contributed by atoms with Gasteiger partial charge in [-0.2, -0.15) is 0 Å². The summed E-state index contributed by atoms with van der Waals surface area (Å²) in [6, 6.07) is 0. The highest BCUT2D eigenvalue weighted by atomic mass is 17.2. The van der Waals surface area contributed by atoms with Crippen molar-refractivity contribution in [3.63, 3.8) is 0 Å². The van der Waals surface area contributed by atoms with Crippen LogP contribution in [-0.2, 0) is 14.7 Å². The van der Waals surface area contributed by atoms with Crippen LogP contribution in [0.5, 0.6) is 0 Å². The van der Waals surface area contributed by atoms with Gasteiger partial charge in [-0.25, -0.2) is 14.7 Å².